The van der Waals surface area contributed by atoms with E-state index in [0.29, 0.717) is 10.6 Å². The van der Waals surface area contributed by atoms with Crippen molar-refractivity contribution in [3.05, 3.63) is 52.8 Å². The molecule has 4 nitrogen and oxygen atoms in total. The molecule has 0 spiro atoms. The molecular weight excluding hydrogens is 238 g/mol. The molecule has 0 radical (unpaired) electrons. The first-order chi connectivity index (χ1) is 8.15. The summed E-state index contributed by atoms with van der Waals surface area (Å²) in [5, 5.41) is 3.12. The highest BCUT2D eigenvalue weighted by atomic mass is 35.5. The summed E-state index contributed by atoms with van der Waals surface area (Å²) < 4.78 is 0. The number of halogens is 1. The number of aromatic nitrogens is 2. The van der Waals surface area contributed by atoms with Crippen LogP contribution in [-0.4, -0.2) is 15.9 Å². The van der Waals surface area contributed by atoms with E-state index in [1.807, 2.05) is 6.92 Å². The summed E-state index contributed by atoms with van der Waals surface area (Å²) in [5.41, 5.74) is 1.27. The van der Waals surface area contributed by atoms with Crippen molar-refractivity contribution in [3.8, 4) is 0 Å². The highest BCUT2D eigenvalue weighted by Crippen LogP contribution is 2.11. The third-order valence-electron chi connectivity index (χ3n) is 2.11. The quantitative estimate of drug-likeness (QED) is 0.888. The van der Waals surface area contributed by atoms with Gasteiger partial charge in [0.05, 0.1) is 0 Å². The molecule has 0 atom stereocenters. The Morgan fingerprint density at radius 2 is 2.18 bits per heavy atom. The first-order valence-electron chi connectivity index (χ1n) is 5.02. The number of rotatable bonds is 2. The van der Waals surface area contributed by atoms with E-state index >= 15 is 0 Å². The number of aryl methyl sites for hydroxylation is 1. The van der Waals surface area contributed by atoms with Crippen LogP contribution in [0.1, 0.15) is 16.1 Å². The molecule has 2 rings (SSSR count). The summed E-state index contributed by atoms with van der Waals surface area (Å²) in [7, 11) is 0. The Bertz CT molecular complexity index is 557. The number of anilines is 1. The zero-order valence-corrected chi connectivity index (χ0v) is 9.90. The monoisotopic (exact) mass is 247 g/mol. The molecule has 17 heavy (non-hydrogen) atoms. The van der Waals surface area contributed by atoms with Gasteiger partial charge >= 0.3 is 0 Å². The van der Waals surface area contributed by atoms with Gasteiger partial charge in [-0.2, -0.15) is 0 Å². The fourth-order valence-electron chi connectivity index (χ4n) is 1.31. The van der Waals surface area contributed by atoms with E-state index in [9.17, 15) is 4.79 Å². The van der Waals surface area contributed by atoms with Crippen LogP contribution >= 0.6 is 11.6 Å². The van der Waals surface area contributed by atoms with Crippen molar-refractivity contribution < 1.29 is 4.79 Å². The van der Waals surface area contributed by atoms with Gasteiger partial charge in [0.15, 0.2) is 0 Å². The predicted molar refractivity (Wildman–Crippen MR) is 66.2 cm³/mol. The molecule has 0 saturated heterocycles. The lowest BCUT2D eigenvalue weighted by Gasteiger charge is -2.04. The molecule has 86 valence electrons. The van der Waals surface area contributed by atoms with Crippen LogP contribution in [0.15, 0.2) is 36.5 Å². The van der Waals surface area contributed by atoms with Crippen LogP contribution in [0.5, 0.6) is 0 Å². The van der Waals surface area contributed by atoms with Crippen molar-refractivity contribution in [1.82, 2.24) is 9.97 Å². The first-order valence-corrected chi connectivity index (χ1v) is 5.39. The molecule has 0 aliphatic carbocycles. The number of hydrogen-bond donors (Lipinski definition) is 1. The molecule has 1 N–H and O–H groups in total. The number of hydrogen-bond acceptors (Lipinski definition) is 3. The lowest BCUT2D eigenvalue weighted by Crippen LogP contribution is -2.14. The molecule has 0 fully saturated rings. The Morgan fingerprint density at radius 3 is 2.88 bits per heavy atom. The maximum atomic E-state index is 11.8. The molecule has 0 unspecified atom stereocenters. The summed E-state index contributed by atoms with van der Waals surface area (Å²) >= 11 is 5.81. The van der Waals surface area contributed by atoms with E-state index in [4.69, 9.17) is 11.6 Å². The Hall–Kier alpha value is -1.94. The molecular formula is C12H10ClN3O. The largest absolute Gasteiger partial charge is 0.290 e. The summed E-state index contributed by atoms with van der Waals surface area (Å²) in [5.74, 6) is 0.00748. The minimum atomic E-state index is -0.280. The van der Waals surface area contributed by atoms with Crippen molar-refractivity contribution in [3.63, 3.8) is 0 Å². The van der Waals surface area contributed by atoms with Crippen LogP contribution in [0.4, 0.5) is 5.95 Å². The van der Waals surface area contributed by atoms with E-state index < -0.39 is 0 Å². The minimum absolute atomic E-state index is 0.280. The van der Waals surface area contributed by atoms with Gasteiger partial charge in [0.1, 0.15) is 0 Å². The molecule has 0 aliphatic rings. The standard InChI is InChI=1S/C12H10ClN3O/c1-8-5-6-14-12(15-8)16-11(17)9-3-2-4-10(13)7-9/h2-7H,1H3,(H,14,15,16,17). The molecule has 5 heteroatoms. The zero-order chi connectivity index (χ0) is 12.3. The van der Waals surface area contributed by atoms with Gasteiger partial charge in [-0.05, 0) is 31.2 Å². The van der Waals surface area contributed by atoms with Crippen LogP contribution in [0.2, 0.25) is 5.02 Å². The van der Waals surface area contributed by atoms with Crippen LogP contribution in [0.25, 0.3) is 0 Å². The van der Waals surface area contributed by atoms with Crippen LogP contribution < -0.4 is 5.32 Å². The Labute approximate surface area is 104 Å². The highest BCUT2D eigenvalue weighted by molar-refractivity contribution is 6.31. The van der Waals surface area contributed by atoms with Crippen LogP contribution in [0, 0.1) is 6.92 Å². The van der Waals surface area contributed by atoms with E-state index in [1.54, 1.807) is 36.5 Å². The smallest absolute Gasteiger partial charge is 0.258 e. The fraction of sp³-hybridized carbons (Fsp3) is 0.0833. The van der Waals surface area contributed by atoms with Crippen molar-refractivity contribution in [1.29, 1.82) is 0 Å². The van der Waals surface area contributed by atoms with Crippen molar-refractivity contribution >= 4 is 23.5 Å². The third-order valence-corrected chi connectivity index (χ3v) is 2.34. The number of amides is 1. The SMILES string of the molecule is Cc1ccnc(NC(=O)c2cccc(Cl)c2)n1. The number of carbonyl (C=O) groups is 1. The van der Waals surface area contributed by atoms with Crippen molar-refractivity contribution in [2.45, 2.75) is 6.92 Å². The summed E-state index contributed by atoms with van der Waals surface area (Å²) in [6.07, 6.45) is 1.59. The van der Waals surface area contributed by atoms with Gasteiger partial charge in [-0.1, -0.05) is 17.7 Å². The lowest BCUT2D eigenvalue weighted by molar-refractivity contribution is 0.102. The van der Waals surface area contributed by atoms with Gasteiger partial charge < -0.3 is 0 Å². The molecule has 0 bridgehead atoms. The van der Waals surface area contributed by atoms with Crippen LogP contribution in [-0.2, 0) is 0 Å². The predicted octanol–water partition coefficient (Wildman–Crippen LogP) is 2.69. The Balaban J connectivity index is 2.17. The average molecular weight is 248 g/mol. The van der Waals surface area contributed by atoms with Crippen molar-refractivity contribution in [2.24, 2.45) is 0 Å². The molecule has 0 saturated carbocycles. The van der Waals surface area contributed by atoms with E-state index in [0.717, 1.165) is 5.69 Å². The molecule has 1 heterocycles. The number of nitrogens with one attached hydrogen (secondary N) is 1. The molecule has 2 aromatic rings. The van der Waals surface area contributed by atoms with Crippen molar-refractivity contribution in [2.75, 3.05) is 5.32 Å². The second-order valence-electron chi connectivity index (χ2n) is 3.49. The van der Waals surface area contributed by atoms with Gasteiger partial charge in [0, 0.05) is 22.5 Å². The third kappa shape index (κ3) is 3.01. The highest BCUT2D eigenvalue weighted by Gasteiger charge is 2.07. The van der Waals surface area contributed by atoms with E-state index in [1.165, 1.54) is 0 Å². The van der Waals surface area contributed by atoms with Gasteiger partial charge in [-0.25, -0.2) is 9.97 Å². The van der Waals surface area contributed by atoms with Gasteiger partial charge in [-0.15, -0.1) is 0 Å². The molecule has 1 aromatic heterocycles. The maximum Gasteiger partial charge on any atom is 0.258 e. The fourth-order valence-corrected chi connectivity index (χ4v) is 1.50. The lowest BCUT2D eigenvalue weighted by atomic mass is 10.2. The second-order valence-corrected chi connectivity index (χ2v) is 3.92. The van der Waals surface area contributed by atoms with Crippen LogP contribution in [0.3, 0.4) is 0 Å². The zero-order valence-electron chi connectivity index (χ0n) is 9.14. The number of nitrogens with zero attached hydrogens (tertiary/aromatic N) is 2. The Morgan fingerprint density at radius 1 is 1.35 bits per heavy atom. The van der Waals surface area contributed by atoms with Gasteiger partial charge in [-0.3, -0.25) is 10.1 Å². The molecule has 0 aliphatic heterocycles. The van der Waals surface area contributed by atoms with E-state index in [-0.39, 0.29) is 11.9 Å². The molecule has 1 aromatic carbocycles. The maximum absolute atomic E-state index is 11.8. The minimum Gasteiger partial charge on any atom is -0.290 e. The summed E-state index contributed by atoms with van der Waals surface area (Å²) in [4.78, 5) is 19.9. The number of benzene rings is 1. The Kier molecular flexibility index (Phi) is 3.35. The normalized spacial score (nSPS) is 10.0. The second kappa shape index (κ2) is 4.93. The number of carbonyl (C=O) groups excluding carboxylic acids is 1. The summed E-state index contributed by atoms with van der Waals surface area (Å²) in [6.45, 7) is 1.83. The van der Waals surface area contributed by atoms with Gasteiger partial charge in [0.25, 0.3) is 5.91 Å². The van der Waals surface area contributed by atoms with E-state index in [2.05, 4.69) is 15.3 Å². The topological polar surface area (TPSA) is 54.9 Å². The van der Waals surface area contributed by atoms with Gasteiger partial charge in [0.2, 0.25) is 5.95 Å². The summed E-state index contributed by atoms with van der Waals surface area (Å²) in [6, 6.07) is 8.45. The first kappa shape index (κ1) is 11.5. The molecule has 1 amide bonds. The average Bonchev–Trinajstić information content (AvgIpc) is 2.29.